The summed E-state index contributed by atoms with van der Waals surface area (Å²) in [4.78, 5) is 0. The first-order valence-electron chi connectivity index (χ1n) is 5.89. The van der Waals surface area contributed by atoms with Gasteiger partial charge in [0, 0.05) is 5.38 Å². The van der Waals surface area contributed by atoms with Gasteiger partial charge in [0.15, 0.2) is 9.84 Å². The summed E-state index contributed by atoms with van der Waals surface area (Å²) in [5.41, 5.74) is 0. The minimum Gasteiger partial charge on any atom is -0.229 e. The van der Waals surface area contributed by atoms with E-state index in [-0.39, 0.29) is 11.3 Å². The third-order valence-electron chi connectivity index (χ3n) is 3.11. The minimum absolute atomic E-state index is 0.0686. The first-order chi connectivity index (χ1) is 7.05. The van der Waals surface area contributed by atoms with Crippen molar-refractivity contribution in [1.82, 2.24) is 0 Å². The van der Waals surface area contributed by atoms with Crippen LogP contribution in [0.5, 0.6) is 0 Å². The predicted molar refractivity (Wildman–Crippen MR) is 65.2 cm³/mol. The SMILES string of the molecule is CCCCCCC(Cl)C1CCS(=O)(=O)C1. The van der Waals surface area contributed by atoms with Gasteiger partial charge in [0.05, 0.1) is 11.5 Å². The van der Waals surface area contributed by atoms with Crippen LogP contribution in [-0.4, -0.2) is 25.3 Å². The second-order valence-corrected chi connectivity index (χ2v) is 7.32. The van der Waals surface area contributed by atoms with Crippen LogP contribution < -0.4 is 0 Å². The zero-order valence-corrected chi connectivity index (χ0v) is 11.0. The van der Waals surface area contributed by atoms with Gasteiger partial charge in [-0.1, -0.05) is 32.6 Å². The lowest BCUT2D eigenvalue weighted by atomic mass is 9.99. The van der Waals surface area contributed by atoms with Gasteiger partial charge >= 0.3 is 0 Å². The molecule has 1 aliphatic heterocycles. The highest BCUT2D eigenvalue weighted by Crippen LogP contribution is 2.28. The molecule has 0 bridgehead atoms. The zero-order chi connectivity index (χ0) is 11.3. The monoisotopic (exact) mass is 252 g/mol. The lowest BCUT2D eigenvalue weighted by Gasteiger charge is -2.14. The van der Waals surface area contributed by atoms with Gasteiger partial charge in [-0.2, -0.15) is 0 Å². The summed E-state index contributed by atoms with van der Waals surface area (Å²) < 4.78 is 22.5. The molecule has 1 rings (SSSR count). The van der Waals surface area contributed by atoms with Crippen molar-refractivity contribution in [3.8, 4) is 0 Å². The molecule has 90 valence electrons. The molecule has 0 spiro atoms. The van der Waals surface area contributed by atoms with E-state index in [4.69, 9.17) is 11.6 Å². The van der Waals surface area contributed by atoms with E-state index in [1.54, 1.807) is 0 Å². The summed E-state index contributed by atoms with van der Waals surface area (Å²) in [6.45, 7) is 2.18. The Kier molecular flexibility index (Phi) is 5.41. The van der Waals surface area contributed by atoms with Gasteiger partial charge in [-0.15, -0.1) is 11.6 Å². The summed E-state index contributed by atoms with van der Waals surface area (Å²) >= 11 is 6.23. The molecule has 0 amide bonds. The Balaban J connectivity index is 2.21. The molecule has 0 radical (unpaired) electrons. The van der Waals surface area contributed by atoms with E-state index in [1.165, 1.54) is 19.3 Å². The average molecular weight is 253 g/mol. The maximum absolute atomic E-state index is 11.3. The molecule has 2 unspecified atom stereocenters. The Morgan fingerprint density at radius 1 is 1.33 bits per heavy atom. The van der Waals surface area contributed by atoms with Crippen LogP contribution in [0.4, 0.5) is 0 Å². The third-order valence-corrected chi connectivity index (χ3v) is 5.48. The highest BCUT2D eigenvalue weighted by molar-refractivity contribution is 7.91. The van der Waals surface area contributed by atoms with E-state index in [1.807, 2.05) is 0 Å². The Bertz CT molecular complexity index is 274. The molecule has 0 aromatic rings. The van der Waals surface area contributed by atoms with E-state index in [9.17, 15) is 8.42 Å². The lowest BCUT2D eigenvalue weighted by molar-refractivity contribution is 0.501. The molecule has 1 aliphatic rings. The van der Waals surface area contributed by atoms with Crippen molar-refractivity contribution in [2.24, 2.45) is 5.92 Å². The fourth-order valence-corrected chi connectivity index (χ4v) is 4.47. The quantitative estimate of drug-likeness (QED) is 0.538. The smallest absolute Gasteiger partial charge is 0.150 e. The van der Waals surface area contributed by atoms with Crippen LogP contribution in [0.1, 0.15) is 45.4 Å². The summed E-state index contributed by atoms with van der Waals surface area (Å²) in [5, 5.41) is 0.0686. The van der Waals surface area contributed by atoms with Gasteiger partial charge in [0.25, 0.3) is 0 Å². The standard InChI is InChI=1S/C11H21ClO2S/c1-2-3-4-5-6-11(12)10-7-8-15(13,14)9-10/h10-11H,2-9H2,1H3. The number of hydrogen-bond donors (Lipinski definition) is 0. The second kappa shape index (κ2) is 6.09. The van der Waals surface area contributed by atoms with Crippen LogP contribution in [-0.2, 0) is 9.84 Å². The van der Waals surface area contributed by atoms with Crippen LogP contribution >= 0.6 is 11.6 Å². The van der Waals surface area contributed by atoms with E-state index >= 15 is 0 Å². The number of sulfone groups is 1. The highest BCUT2D eigenvalue weighted by atomic mass is 35.5. The van der Waals surface area contributed by atoms with Gasteiger partial charge in [0.2, 0.25) is 0 Å². The molecule has 1 heterocycles. The number of rotatable bonds is 6. The largest absolute Gasteiger partial charge is 0.229 e. The molecule has 0 aromatic heterocycles. The van der Waals surface area contributed by atoms with E-state index in [0.29, 0.717) is 11.5 Å². The first-order valence-corrected chi connectivity index (χ1v) is 8.15. The van der Waals surface area contributed by atoms with Crippen molar-refractivity contribution >= 4 is 21.4 Å². The molecule has 4 heteroatoms. The molecule has 15 heavy (non-hydrogen) atoms. The molecule has 1 fully saturated rings. The first kappa shape index (κ1) is 13.3. The molecule has 2 nitrogen and oxygen atoms in total. The second-order valence-electron chi connectivity index (χ2n) is 4.53. The summed E-state index contributed by atoms with van der Waals surface area (Å²) in [6, 6.07) is 0. The summed E-state index contributed by atoms with van der Waals surface area (Å²) in [6.07, 6.45) is 6.58. The lowest BCUT2D eigenvalue weighted by Crippen LogP contribution is -2.16. The number of halogens is 1. The third kappa shape index (κ3) is 4.73. The van der Waals surface area contributed by atoms with Crippen LogP contribution in [0.25, 0.3) is 0 Å². The Labute approximate surface area is 98.3 Å². The molecule has 0 N–H and O–H groups in total. The highest BCUT2D eigenvalue weighted by Gasteiger charge is 2.32. The number of unbranched alkanes of at least 4 members (excludes halogenated alkanes) is 3. The molecular formula is C11H21ClO2S. The molecule has 0 saturated carbocycles. The van der Waals surface area contributed by atoms with Gasteiger partial charge in [0.1, 0.15) is 0 Å². The zero-order valence-electron chi connectivity index (χ0n) is 9.41. The van der Waals surface area contributed by atoms with Gasteiger partial charge < -0.3 is 0 Å². The van der Waals surface area contributed by atoms with Gasteiger partial charge in [-0.3, -0.25) is 0 Å². The normalized spacial score (nSPS) is 26.7. The molecular weight excluding hydrogens is 232 g/mol. The minimum atomic E-state index is -2.76. The summed E-state index contributed by atoms with van der Waals surface area (Å²) in [5.74, 6) is 0.864. The molecule has 1 saturated heterocycles. The fraction of sp³-hybridized carbons (Fsp3) is 1.00. The van der Waals surface area contributed by atoms with Crippen molar-refractivity contribution < 1.29 is 8.42 Å². The van der Waals surface area contributed by atoms with Crippen molar-refractivity contribution in [3.05, 3.63) is 0 Å². The van der Waals surface area contributed by atoms with Crippen LogP contribution in [0.3, 0.4) is 0 Å². The maximum atomic E-state index is 11.3. The van der Waals surface area contributed by atoms with Crippen molar-refractivity contribution in [2.45, 2.75) is 50.8 Å². The average Bonchev–Trinajstić information content (AvgIpc) is 2.53. The Morgan fingerprint density at radius 2 is 2.07 bits per heavy atom. The molecule has 0 aliphatic carbocycles. The number of hydrogen-bond acceptors (Lipinski definition) is 2. The summed E-state index contributed by atoms with van der Waals surface area (Å²) in [7, 11) is -2.76. The Hall–Kier alpha value is 0.240. The number of alkyl halides is 1. The van der Waals surface area contributed by atoms with Crippen LogP contribution in [0.15, 0.2) is 0 Å². The molecule has 2 atom stereocenters. The fourth-order valence-electron chi connectivity index (χ4n) is 2.11. The van der Waals surface area contributed by atoms with Crippen molar-refractivity contribution in [2.75, 3.05) is 11.5 Å². The predicted octanol–water partition coefficient (Wildman–Crippen LogP) is 3.00. The van der Waals surface area contributed by atoms with Crippen LogP contribution in [0, 0.1) is 5.92 Å². The maximum Gasteiger partial charge on any atom is 0.150 e. The van der Waals surface area contributed by atoms with Gasteiger partial charge in [-0.25, -0.2) is 8.42 Å². The topological polar surface area (TPSA) is 34.1 Å². The van der Waals surface area contributed by atoms with E-state index < -0.39 is 9.84 Å². The van der Waals surface area contributed by atoms with Crippen molar-refractivity contribution in [3.63, 3.8) is 0 Å². The molecule has 0 aromatic carbocycles. The van der Waals surface area contributed by atoms with Gasteiger partial charge in [-0.05, 0) is 18.8 Å². The van der Waals surface area contributed by atoms with E-state index in [2.05, 4.69) is 6.92 Å². The van der Waals surface area contributed by atoms with Crippen LogP contribution in [0.2, 0.25) is 0 Å². The van der Waals surface area contributed by atoms with Crippen molar-refractivity contribution in [1.29, 1.82) is 0 Å². The Morgan fingerprint density at radius 3 is 2.60 bits per heavy atom. The van der Waals surface area contributed by atoms with E-state index in [0.717, 1.165) is 19.3 Å².